The van der Waals surface area contributed by atoms with Gasteiger partial charge in [-0.3, -0.25) is 4.79 Å². The first-order valence-corrected chi connectivity index (χ1v) is 6.01. The van der Waals surface area contributed by atoms with Gasteiger partial charge in [-0.1, -0.05) is 12.8 Å². The van der Waals surface area contributed by atoms with Crippen LogP contribution in [-0.4, -0.2) is 41.4 Å². The molecule has 6 nitrogen and oxygen atoms in total. The van der Waals surface area contributed by atoms with Crippen molar-refractivity contribution < 1.29 is 19.8 Å². The summed E-state index contributed by atoms with van der Waals surface area (Å²) in [6, 6.07) is -0.371. The van der Waals surface area contributed by atoms with Crippen LogP contribution in [0.25, 0.3) is 0 Å². The Morgan fingerprint density at radius 2 is 1.88 bits per heavy atom. The summed E-state index contributed by atoms with van der Waals surface area (Å²) < 4.78 is 0. The Bertz CT molecular complexity index is 270. The molecule has 1 saturated carbocycles. The van der Waals surface area contributed by atoms with E-state index in [0.717, 1.165) is 25.7 Å². The number of nitrogens with one attached hydrogen (secondary N) is 2. The van der Waals surface area contributed by atoms with Crippen LogP contribution in [-0.2, 0) is 4.79 Å². The van der Waals surface area contributed by atoms with Crippen molar-refractivity contribution in [2.24, 2.45) is 5.92 Å². The highest BCUT2D eigenvalue weighted by atomic mass is 16.4. The number of hydrogen-bond donors (Lipinski definition) is 4. The zero-order chi connectivity index (χ0) is 12.7. The molecule has 98 valence electrons. The molecule has 0 unspecified atom stereocenters. The van der Waals surface area contributed by atoms with E-state index in [2.05, 4.69) is 10.6 Å². The molecule has 0 aliphatic heterocycles. The van der Waals surface area contributed by atoms with Gasteiger partial charge in [0.05, 0.1) is 12.5 Å². The van der Waals surface area contributed by atoms with Crippen molar-refractivity contribution in [2.75, 3.05) is 13.1 Å². The molecule has 0 heterocycles. The number of carbonyl (C=O) groups excluding carboxylic acids is 1. The average Bonchev–Trinajstić information content (AvgIpc) is 2.27. The summed E-state index contributed by atoms with van der Waals surface area (Å²) in [6.45, 7) is 0.564. The van der Waals surface area contributed by atoms with Crippen LogP contribution >= 0.6 is 0 Å². The predicted molar refractivity (Wildman–Crippen MR) is 61.6 cm³/mol. The van der Waals surface area contributed by atoms with Gasteiger partial charge in [0.1, 0.15) is 0 Å². The first kappa shape index (κ1) is 13.8. The molecule has 1 fully saturated rings. The maximum Gasteiger partial charge on any atom is 0.314 e. The molecule has 2 amide bonds. The van der Waals surface area contributed by atoms with Crippen LogP contribution in [0.3, 0.4) is 0 Å². The molecule has 0 radical (unpaired) electrons. The molecule has 1 rings (SSSR count). The third-order valence-corrected chi connectivity index (χ3v) is 3.02. The molecule has 1 aliphatic carbocycles. The summed E-state index contributed by atoms with van der Waals surface area (Å²) in [7, 11) is 0. The molecule has 6 heteroatoms. The number of carbonyl (C=O) groups is 2. The lowest BCUT2D eigenvalue weighted by atomic mass is 9.86. The van der Waals surface area contributed by atoms with E-state index in [0.29, 0.717) is 6.54 Å². The number of urea groups is 1. The first-order valence-electron chi connectivity index (χ1n) is 6.01. The van der Waals surface area contributed by atoms with E-state index in [9.17, 15) is 14.7 Å². The van der Waals surface area contributed by atoms with Gasteiger partial charge in [0, 0.05) is 19.0 Å². The number of aliphatic hydroxyl groups excluding tert-OH is 1. The Morgan fingerprint density at radius 3 is 2.53 bits per heavy atom. The second-order valence-electron chi connectivity index (χ2n) is 4.39. The zero-order valence-corrected chi connectivity index (χ0v) is 9.82. The lowest BCUT2D eigenvalue weighted by Crippen LogP contribution is -2.42. The minimum atomic E-state index is -0.937. The van der Waals surface area contributed by atoms with Gasteiger partial charge >= 0.3 is 12.0 Å². The van der Waals surface area contributed by atoms with Crippen LogP contribution in [0.4, 0.5) is 4.79 Å². The molecular weight excluding hydrogens is 224 g/mol. The van der Waals surface area contributed by atoms with Gasteiger partial charge in [-0.2, -0.15) is 0 Å². The fourth-order valence-electron chi connectivity index (χ4n) is 2.00. The van der Waals surface area contributed by atoms with Gasteiger partial charge in [-0.15, -0.1) is 0 Å². The highest BCUT2D eigenvalue weighted by Gasteiger charge is 2.23. The lowest BCUT2D eigenvalue weighted by molar-refractivity contribution is -0.136. The molecule has 0 aromatic carbocycles. The molecule has 0 saturated heterocycles. The van der Waals surface area contributed by atoms with E-state index < -0.39 is 5.97 Å². The molecule has 4 N–H and O–H groups in total. The van der Waals surface area contributed by atoms with Crippen LogP contribution < -0.4 is 10.6 Å². The average molecular weight is 244 g/mol. The van der Waals surface area contributed by atoms with Gasteiger partial charge in [0.2, 0.25) is 0 Å². The van der Waals surface area contributed by atoms with Crippen molar-refractivity contribution in [1.82, 2.24) is 10.6 Å². The van der Waals surface area contributed by atoms with Crippen molar-refractivity contribution in [3.63, 3.8) is 0 Å². The molecule has 0 bridgehead atoms. The van der Waals surface area contributed by atoms with Crippen LogP contribution in [0.1, 0.15) is 32.1 Å². The fraction of sp³-hybridized carbons (Fsp3) is 0.818. The van der Waals surface area contributed by atoms with Crippen molar-refractivity contribution >= 4 is 12.0 Å². The van der Waals surface area contributed by atoms with E-state index in [1.807, 2.05) is 0 Å². The minimum absolute atomic E-state index is 0.0839. The molecule has 17 heavy (non-hydrogen) atoms. The van der Waals surface area contributed by atoms with Crippen LogP contribution in [0.5, 0.6) is 0 Å². The SMILES string of the molecule is O=C(O)CCNC(=O)NC[C@H]1CCCC[C@@H]1O. The maximum absolute atomic E-state index is 11.3. The number of aliphatic hydroxyl groups is 1. The Balaban J connectivity index is 2.12. The molecule has 0 spiro atoms. The van der Waals surface area contributed by atoms with E-state index >= 15 is 0 Å². The molecule has 0 aromatic heterocycles. The standard InChI is InChI=1S/C11H20N2O4/c14-9-4-2-1-3-8(9)7-13-11(17)12-6-5-10(15)16/h8-9,14H,1-7H2,(H,15,16)(H2,12,13,17)/t8-,9+/m1/s1. The van der Waals surface area contributed by atoms with Gasteiger partial charge in [-0.05, 0) is 12.8 Å². The summed E-state index contributed by atoms with van der Waals surface area (Å²) >= 11 is 0. The van der Waals surface area contributed by atoms with E-state index in [1.165, 1.54) is 0 Å². The number of aliphatic carboxylic acids is 1. The van der Waals surface area contributed by atoms with Crippen molar-refractivity contribution in [1.29, 1.82) is 0 Å². The summed E-state index contributed by atoms with van der Waals surface area (Å²) in [4.78, 5) is 21.5. The van der Waals surface area contributed by atoms with Crippen LogP contribution in [0.15, 0.2) is 0 Å². The van der Waals surface area contributed by atoms with E-state index in [1.54, 1.807) is 0 Å². The summed E-state index contributed by atoms with van der Waals surface area (Å²) in [6.07, 6.45) is 3.44. The third-order valence-electron chi connectivity index (χ3n) is 3.02. The molecular formula is C11H20N2O4. The quantitative estimate of drug-likeness (QED) is 0.559. The Hall–Kier alpha value is -1.30. The number of carboxylic acid groups (broad SMARTS) is 1. The second-order valence-corrected chi connectivity index (χ2v) is 4.39. The van der Waals surface area contributed by atoms with Gasteiger partial charge in [-0.25, -0.2) is 4.79 Å². The molecule has 2 atom stereocenters. The van der Waals surface area contributed by atoms with E-state index in [-0.39, 0.29) is 31.0 Å². The van der Waals surface area contributed by atoms with Crippen LogP contribution in [0, 0.1) is 5.92 Å². The summed E-state index contributed by atoms with van der Waals surface area (Å²) in [5.74, 6) is -0.818. The third kappa shape index (κ3) is 5.53. The van der Waals surface area contributed by atoms with Gasteiger partial charge in [0.15, 0.2) is 0 Å². The predicted octanol–water partition coefficient (Wildman–Crippen LogP) is 0.311. The molecule has 0 aromatic rings. The Labute approximate surface area is 100 Å². The Morgan fingerprint density at radius 1 is 1.18 bits per heavy atom. The van der Waals surface area contributed by atoms with Gasteiger partial charge in [0.25, 0.3) is 0 Å². The van der Waals surface area contributed by atoms with Gasteiger partial charge < -0.3 is 20.8 Å². The maximum atomic E-state index is 11.3. The van der Waals surface area contributed by atoms with Crippen molar-refractivity contribution in [3.8, 4) is 0 Å². The zero-order valence-electron chi connectivity index (χ0n) is 9.82. The topological polar surface area (TPSA) is 98.7 Å². The van der Waals surface area contributed by atoms with E-state index in [4.69, 9.17) is 5.11 Å². The number of rotatable bonds is 5. The smallest absolute Gasteiger partial charge is 0.314 e. The van der Waals surface area contributed by atoms with Crippen LogP contribution in [0.2, 0.25) is 0 Å². The summed E-state index contributed by atoms with van der Waals surface area (Å²) in [5, 5.41) is 23.2. The van der Waals surface area contributed by atoms with Crippen molar-refractivity contribution in [3.05, 3.63) is 0 Å². The second kappa shape index (κ2) is 7.11. The lowest BCUT2D eigenvalue weighted by Gasteiger charge is -2.27. The monoisotopic (exact) mass is 244 g/mol. The highest BCUT2D eigenvalue weighted by Crippen LogP contribution is 2.23. The fourth-order valence-corrected chi connectivity index (χ4v) is 2.00. The summed E-state index contributed by atoms with van der Waals surface area (Å²) in [5.41, 5.74) is 0. The highest BCUT2D eigenvalue weighted by molar-refractivity contribution is 5.74. The normalized spacial score (nSPS) is 24.1. The minimum Gasteiger partial charge on any atom is -0.481 e. The largest absolute Gasteiger partial charge is 0.481 e. The van der Waals surface area contributed by atoms with Crippen molar-refractivity contribution in [2.45, 2.75) is 38.2 Å². The molecule has 1 aliphatic rings. The first-order chi connectivity index (χ1) is 8.09. The Kier molecular flexibility index (Phi) is 5.76. The number of carboxylic acids is 1. The number of hydrogen-bond acceptors (Lipinski definition) is 3. The number of amides is 2.